The predicted molar refractivity (Wildman–Crippen MR) is 142 cm³/mol. The van der Waals surface area contributed by atoms with Crippen LogP contribution in [0.5, 0.6) is 5.75 Å². The first-order valence-corrected chi connectivity index (χ1v) is 11.8. The maximum absolute atomic E-state index is 13.1. The molecule has 1 aromatic heterocycles. The lowest BCUT2D eigenvalue weighted by atomic mass is 10.0. The molecule has 0 aliphatic carbocycles. The number of aryl methyl sites for hydroxylation is 1. The molecule has 178 valence electrons. The van der Waals surface area contributed by atoms with Crippen molar-refractivity contribution in [3.63, 3.8) is 0 Å². The van der Waals surface area contributed by atoms with Gasteiger partial charge in [-0.05, 0) is 53.1 Å². The molecule has 5 aromatic rings. The number of benzene rings is 4. The number of rotatable bonds is 7. The number of pyridine rings is 1. The number of esters is 1. The highest BCUT2D eigenvalue weighted by atomic mass is 16.5. The molecule has 0 saturated carbocycles. The quantitative estimate of drug-likeness (QED) is 0.194. The summed E-state index contributed by atoms with van der Waals surface area (Å²) in [6.45, 7) is 1.73. The van der Waals surface area contributed by atoms with Crippen LogP contribution in [0.4, 0.5) is 0 Å². The van der Waals surface area contributed by atoms with Gasteiger partial charge in [0.1, 0.15) is 5.75 Å². The number of ketones is 1. The van der Waals surface area contributed by atoms with Crippen LogP contribution in [0.25, 0.3) is 32.9 Å². The maximum Gasteiger partial charge on any atom is 0.339 e. The van der Waals surface area contributed by atoms with E-state index in [4.69, 9.17) is 14.5 Å². The van der Waals surface area contributed by atoms with Crippen molar-refractivity contribution in [1.29, 1.82) is 0 Å². The minimum absolute atomic E-state index is 0.241. The van der Waals surface area contributed by atoms with Gasteiger partial charge >= 0.3 is 5.97 Å². The fourth-order valence-corrected chi connectivity index (χ4v) is 4.22. The van der Waals surface area contributed by atoms with E-state index in [0.29, 0.717) is 27.7 Å². The number of ether oxygens (including phenoxy) is 2. The van der Waals surface area contributed by atoms with Gasteiger partial charge in [-0.2, -0.15) is 0 Å². The van der Waals surface area contributed by atoms with Crippen LogP contribution < -0.4 is 4.74 Å². The lowest BCUT2D eigenvalue weighted by Gasteiger charge is -2.11. The average Bonchev–Trinajstić information content (AvgIpc) is 2.94. The number of carbonyl (C=O) groups is 2. The third-order valence-corrected chi connectivity index (χ3v) is 6.30. The van der Waals surface area contributed by atoms with Crippen molar-refractivity contribution >= 4 is 33.4 Å². The van der Waals surface area contributed by atoms with Gasteiger partial charge < -0.3 is 9.47 Å². The summed E-state index contributed by atoms with van der Waals surface area (Å²) in [6.07, 6.45) is 0.895. The lowest BCUT2D eigenvalue weighted by molar-refractivity contribution is 0.0476. The Labute approximate surface area is 209 Å². The van der Waals surface area contributed by atoms with Gasteiger partial charge in [0.25, 0.3) is 0 Å². The highest BCUT2D eigenvalue weighted by Gasteiger charge is 2.17. The molecule has 0 fully saturated rings. The summed E-state index contributed by atoms with van der Waals surface area (Å²) in [4.78, 5) is 30.5. The number of methoxy groups -OCH3 is 1. The summed E-state index contributed by atoms with van der Waals surface area (Å²) < 4.78 is 10.8. The zero-order chi connectivity index (χ0) is 25.1. The molecule has 0 radical (unpaired) electrons. The van der Waals surface area contributed by atoms with Crippen molar-refractivity contribution in [3.8, 4) is 17.0 Å². The lowest BCUT2D eigenvalue weighted by Crippen LogP contribution is -2.15. The SMILES string of the molecule is CCc1ccc(C(=O)COC(=O)c2cc(-c3ccc4cc(OC)ccc4c3)nc3ccccc23)cc1. The van der Waals surface area contributed by atoms with Gasteiger partial charge in [0, 0.05) is 16.5 Å². The second-order valence-corrected chi connectivity index (χ2v) is 8.55. The first-order valence-electron chi connectivity index (χ1n) is 11.8. The number of hydrogen-bond donors (Lipinski definition) is 0. The Hall–Kier alpha value is -4.51. The van der Waals surface area contributed by atoms with Gasteiger partial charge in [0.05, 0.1) is 23.9 Å². The highest BCUT2D eigenvalue weighted by Crippen LogP contribution is 2.29. The fraction of sp³-hybridized carbons (Fsp3) is 0.129. The van der Waals surface area contributed by atoms with Crippen LogP contribution >= 0.6 is 0 Å². The predicted octanol–water partition coefficient (Wildman–Crippen LogP) is 6.67. The molecule has 0 N–H and O–H groups in total. The molecule has 4 aromatic carbocycles. The van der Waals surface area contributed by atoms with Crippen LogP contribution in [0.3, 0.4) is 0 Å². The summed E-state index contributed by atoms with van der Waals surface area (Å²) in [5.41, 5.74) is 4.25. The van der Waals surface area contributed by atoms with Gasteiger partial charge in [0.15, 0.2) is 12.4 Å². The molecule has 0 bridgehead atoms. The Bertz CT molecular complexity index is 1590. The number of aromatic nitrogens is 1. The summed E-state index contributed by atoms with van der Waals surface area (Å²) in [5, 5.41) is 2.76. The molecule has 1 heterocycles. The molecule has 5 heteroatoms. The molecule has 0 aliphatic rings. The maximum atomic E-state index is 13.1. The zero-order valence-corrected chi connectivity index (χ0v) is 20.2. The third kappa shape index (κ3) is 4.68. The van der Waals surface area contributed by atoms with Crippen LogP contribution in [0.1, 0.15) is 33.2 Å². The number of nitrogens with zero attached hydrogens (tertiary/aromatic N) is 1. The molecule has 0 atom stereocenters. The molecule has 0 unspecified atom stereocenters. The topological polar surface area (TPSA) is 65.5 Å². The molecular formula is C31H25NO4. The Morgan fingerprint density at radius 2 is 1.58 bits per heavy atom. The Morgan fingerprint density at radius 1 is 0.833 bits per heavy atom. The average molecular weight is 476 g/mol. The van der Waals surface area contributed by atoms with E-state index in [1.54, 1.807) is 25.3 Å². The number of Topliss-reactive ketones (excluding diaryl/α,β-unsaturated/α-hetero) is 1. The highest BCUT2D eigenvalue weighted by molar-refractivity contribution is 6.06. The largest absolute Gasteiger partial charge is 0.497 e. The molecule has 5 nitrogen and oxygen atoms in total. The molecule has 0 aliphatic heterocycles. The van der Waals surface area contributed by atoms with Crippen molar-refractivity contribution < 1.29 is 19.1 Å². The van der Waals surface area contributed by atoms with Crippen LogP contribution in [0.15, 0.2) is 91.0 Å². The van der Waals surface area contributed by atoms with Crippen molar-refractivity contribution in [2.45, 2.75) is 13.3 Å². The van der Waals surface area contributed by atoms with Gasteiger partial charge in [-0.25, -0.2) is 9.78 Å². The molecule has 0 saturated heterocycles. The molecule has 5 rings (SSSR count). The van der Waals surface area contributed by atoms with Crippen molar-refractivity contribution in [3.05, 3.63) is 108 Å². The van der Waals surface area contributed by atoms with E-state index in [0.717, 1.165) is 34.1 Å². The van der Waals surface area contributed by atoms with Crippen LogP contribution in [-0.2, 0) is 11.2 Å². The third-order valence-electron chi connectivity index (χ3n) is 6.30. The van der Waals surface area contributed by atoms with E-state index in [2.05, 4.69) is 6.92 Å². The number of carbonyl (C=O) groups excluding carboxylic acids is 2. The first-order chi connectivity index (χ1) is 17.6. The van der Waals surface area contributed by atoms with E-state index in [1.165, 1.54) is 0 Å². The fourth-order valence-electron chi connectivity index (χ4n) is 4.22. The second kappa shape index (κ2) is 10.0. The van der Waals surface area contributed by atoms with Gasteiger partial charge in [0.2, 0.25) is 0 Å². The number of para-hydroxylation sites is 1. The van der Waals surface area contributed by atoms with Crippen molar-refractivity contribution in [1.82, 2.24) is 4.98 Å². The van der Waals surface area contributed by atoms with E-state index >= 15 is 0 Å². The molecule has 36 heavy (non-hydrogen) atoms. The van der Waals surface area contributed by atoms with Crippen molar-refractivity contribution in [2.24, 2.45) is 0 Å². The van der Waals surface area contributed by atoms with E-state index in [9.17, 15) is 9.59 Å². The molecular weight excluding hydrogens is 450 g/mol. The Morgan fingerprint density at radius 3 is 2.36 bits per heavy atom. The van der Waals surface area contributed by atoms with Crippen LogP contribution in [0, 0.1) is 0 Å². The summed E-state index contributed by atoms with van der Waals surface area (Å²) in [5.74, 6) is -0.00610. The smallest absolute Gasteiger partial charge is 0.339 e. The normalized spacial score (nSPS) is 10.9. The van der Waals surface area contributed by atoms with Gasteiger partial charge in [-0.3, -0.25) is 4.79 Å². The second-order valence-electron chi connectivity index (χ2n) is 8.55. The minimum Gasteiger partial charge on any atom is -0.497 e. The standard InChI is InChI=1S/C31H25NO4/c1-3-20-8-10-21(11-9-20)30(33)19-36-31(34)27-18-29(32-28-7-5-4-6-26(27)28)24-13-12-23-17-25(35-2)15-14-22(23)16-24/h4-18H,3,19H2,1-2H3. The van der Waals surface area contributed by atoms with E-state index in [1.807, 2.05) is 72.8 Å². The Balaban J connectivity index is 1.45. The van der Waals surface area contributed by atoms with Gasteiger partial charge in [-0.1, -0.05) is 67.6 Å². The first kappa shape index (κ1) is 23.2. The zero-order valence-electron chi connectivity index (χ0n) is 20.2. The molecule has 0 spiro atoms. The minimum atomic E-state index is -0.557. The number of fused-ring (bicyclic) bond motifs is 2. The summed E-state index contributed by atoms with van der Waals surface area (Å²) in [7, 11) is 1.64. The Kier molecular flexibility index (Phi) is 6.46. The van der Waals surface area contributed by atoms with Crippen LogP contribution in [0.2, 0.25) is 0 Å². The number of hydrogen-bond acceptors (Lipinski definition) is 5. The summed E-state index contributed by atoms with van der Waals surface area (Å²) in [6, 6.07) is 28.4. The van der Waals surface area contributed by atoms with Gasteiger partial charge in [-0.15, -0.1) is 0 Å². The van der Waals surface area contributed by atoms with E-state index in [-0.39, 0.29) is 12.4 Å². The van der Waals surface area contributed by atoms with Crippen molar-refractivity contribution in [2.75, 3.05) is 13.7 Å². The summed E-state index contributed by atoms with van der Waals surface area (Å²) >= 11 is 0. The van der Waals surface area contributed by atoms with Crippen LogP contribution in [-0.4, -0.2) is 30.5 Å². The van der Waals surface area contributed by atoms with E-state index < -0.39 is 5.97 Å². The molecule has 0 amide bonds. The monoisotopic (exact) mass is 475 g/mol.